The van der Waals surface area contributed by atoms with Gasteiger partial charge in [-0.05, 0) is 42.7 Å². The number of carbonyl (C=O) groups excluding carboxylic acids is 3. The van der Waals surface area contributed by atoms with Crippen molar-refractivity contribution in [1.29, 1.82) is 5.26 Å². The highest BCUT2D eigenvalue weighted by Crippen LogP contribution is 2.21. The van der Waals surface area contributed by atoms with Crippen LogP contribution in [0.4, 0.5) is 5.82 Å². The third kappa shape index (κ3) is 4.81. The first-order valence-corrected chi connectivity index (χ1v) is 11.0. The van der Waals surface area contributed by atoms with Crippen molar-refractivity contribution in [2.24, 2.45) is 0 Å². The quantitative estimate of drug-likeness (QED) is 0.395. The number of para-hydroxylation sites is 1. The number of rotatable bonds is 8. The molecule has 9 nitrogen and oxygen atoms in total. The Morgan fingerprint density at radius 2 is 1.74 bits per heavy atom. The first-order valence-electron chi connectivity index (χ1n) is 11.0. The molecule has 2 aromatic carbocycles. The lowest BCUT2D eigenvalue weighted by Crippen LogP contribution is -2.28. The van der Waals surface area contributed by atoms with E-state index in [1.54, 1.807) is 28.9 Å². The van der Waals surface area contributed by atoms with Crippen LogP contribution in [0.15, 0.2) is 54.6 Å². The second-order valence-electron chi connectivity index (χ2n) is 8.00. The molecule has 0 aliphatic carbocycles. The monoisotopic (exact) mass is 456 g/mol. The number of nitrogens with two attached hydrogens (primary N) is 1. The fraction of sp³-hybridized carbons (Fsp3) is 0.240. The molecule has 1 fully saturated rings. The van der Waals surface area contributed by atoms with Crippen molar-refractivity contribution in [3.8, 4) is 11.8 Å². The van der Waals surface area contributed by atoms with Crippen LogP contribution in [-0.2, 0) is 22.6 Å². The number of nitrogens with one attached hydrogen (secondary N) is 1. The molecule has 3 N–H and O–H groups in total. The van der Waals surface area contributed by atoms with Gasteiger partial charge in [-0.15, -0.1) is 0 Å². The SMILES string of the molecule is N#Cc1c(CCCNC(=O)c2ccc(CN3C(=O)CCC3=O)cc2)nn(-c2ccccc2)c1N. The van der Waals surface area contributed by atoms with Gasteiger partial charge in [0, 0.05) is 24.9 Å². The number of aromatic nitrogens is 2. The van der Waals surface area contributed by atoms with Crippen molar-refractivity contribution in [2.45, 2.75) is 32.2 Å². The molecule has 0 unspecified atom stereocenters. The zero-order chi connectivity index (χ0) is 24.1. The van der Waals surface area contributed by atoms with E-state index in [1.807, 2.05) is 30.3 Å². The minimum atomic E-state index is -0.227. The van der Waals surface area contributed by atoms with Gasteiger partial charge in [-0.1, -0.05) is 30.3 Å². The number of nitrogen functional groups attached to an aromatic ring is 1. The molecule has 9 heteroatoms. The van der Waals surface area contributed by atoms with Crippen LogP contribution in [0.3, 0.4) is 0 Å². The van der Waals surface area contributed by atoms with Gasteiger partial charge in [0.2, 0.25) is 11.8 Å². The molecule has 1 saturated heterocycles. The number of anilines is 1. The van der Waals surface area contributed by atoms with E-state index in [0.717, 1.165) is 11.3 Å². The summed E-state index contributed by atoms with van der Waals surface area (Å²) >= 11 is 0. The summed E-state index contributed by atoms with van der Waals surface area (Å²) in [4.78, 5) is 37.2. The van der Waals surface area contributed by atoms with Gasteiger partial charge in [0.1, 0.15) is 17.5 Å². The standard InChI is InChI=1S/C25H24N6O3/c26-15-20-21(29-31(24(20)27)19-5-2-1-3-6-19)7-4-14-28-25(34)18-10-8-17(9-11-18)16-30-22(32)12-13-23(30)33/h1-3,5-6,8-11H,4,7,12-14,16,27H2,(H,28,34). The molecular formula is C25H24N6O3. The summed E-state index contributed by atoms with van der Waals surface area (Å²) in [7, 11) is 0. The zero-order valence-corrected chi connectivity index (χ0v) is 18.5. The highest BCUT2D eigenvalue weighted by Gasteiger charge is 2.28. The van der Waals surface area contributed by atoms with E-state index >= 15 is 0 Å². The van der Waals surface area contributed by atoms with Crippen molar-refractivity contribution in [3.05, 3.63) is 77.0 Å². The Labute approximate surface area is 196 Å². The second-order valence-corrected chi connectivity index (χ2v) is 8.00. The molecule has 0 saturated carbocycles. The van der Waals surface area contributed by atoms with Crippen LogP contribution in [0.2, 0.25) is 0 Å². The minimum absolute atomic E-state index is 0.165. The lowest BCUT2D eigenvalue weighted by Gasteiger charge is -2.14. The van der Waals surface area contributed by atoms with E-state index in [2.05, 4.69) is 16.5 Å². The van der Waals surface area contributed by atoms with E-state index in [4.69, 9.17) is 5.73 Å². The highest BCUT2D eigenvalue weighted by molar-refractivity contribution is 6.01. The molecule has 1 aromatic heterocycles. The molecule has 3 amide bonds. The van der Waals surface area contributed by atoms with E-state index in [-0.39, 0.29) is 37.1 Å². The molecule has 0 radical (unpaired) electrons. The molecule has 0 spiro atoms. The van der Waals surface area contributed by atoms with Gasteiger partial charge >= 0.3 is 0 Å². The molecule has 172 valence electrons. The Morgan fingerprint density at radius 1 is 1.06 bits per heavy atom. The minimum Gasteiger partial charge on any atom is -0.382 e. The predicted octanol–water partition coefficient (Wildman–Crippen LogP) is 2.34. The number of amides is 3. The molecule has 0 atom stereocenters. The average Bonchev–Trinajstić information content (AvgIpc) is 3.35. The van der Waals surface area contributed by atoms with Gasteiger partial charge in [-0.2, -0.15) is 10.4 Å². The van der Waals surface area contributed by atoms with Crippen molar-refractivity contribution < 1.29 is 14.4 Å². The van der Waals surface area contributed by atoms with Gasteiger partial charge in [-0.3, -0.25) is 19.3 Å². The summed E-state index contributed by atoms with van der Waals surface area (Å²) in [5.74, 6) is -0.261. The number of benzene rings is 2. The summed E-state index contributed by atoms with van der Waals surface area (Å²) in [6.07, 6.45) is 1.59. The summed E-state index contributed by atoms with van der Waals surface area (Å²) in [5.41, 5.74) is 9.11. The Morgan fingerprint density at radius 3 is 2.38 bits per heavy atom. The number of nitriles is 1. The predicted molar refractivity (Wildman–Crippen MR) is 125 cm³/mol. The van der Waals surface area contributed by atoms with Crippen LogP contribution in [0.1, 0.15) is 46.4 Å². The van der Waals surface area contributed by atoms with Crippen molar-refractivity contribution in [1.82, 2.24) is 20.0 Å². The van der Waals surface area contributed by atoms with Crippen LogP contribution >= 0.6 is 0 Å². The smallest absolute Gasteiger partial charge is 0.251 e. The van der Waals surface area contributed by atoms with Crippen LogP contribution in [0, 0.1) is 11.3 Å². The average molecular weight is 457 g/mol. The van der Waals surface area contributed by atoms with Gasteiger partial charge in [-0.25, -0.2) is 4.68 Å². The van der Waals surface area contributed by atoms with Gasteiger partial charge < -0.3 is 11.1 Å². The third-order valence-electron chi connectivity index (χ3n) is 5.69. The number of carbonyl (C=O) groups is 3. The fourth-order valence-corrected chi connectivity index (χ4v) is 3.84. The molecule has 34 heavy (non-hydrogen) atoms. The maximum Gasteiger partial charge on any atom is 0.251 e. The number of hydrogen-bond acceptors (Lipinski definition) is 6. The van der Waals surface area contributed by atoms with Crippen molar-refractivity contribution >= 4 is 23.5 Å². The molecular weight excluding hydrogens is 432 g/mol. The summed E-state index contributed by atoms with van der Waals surface area (Å²) in [6, 6.07) is 18.3. The molecule has 0 bridgehead atoms. The number of likely N-dealkylation sites (tertiary alicyclic amines) is 1. The number of hydrogen-bond donors (Lipinski definition) is 2. The van der Waals surface area contributed by atoms with Crippen LogP contribution in [0.5, 0.6) is 0 Å². The van der Waals surface area contributed by atoms with Gasteiger partial charge in [0.25, 0.3) is 5.91 Å². The summed E-state index contributed by atoms with van der Waals surface area (Å²) in [5, 5.41) is 16.9. The summed E-state index contributed by atoms with van der Waals surface area (Å²) < 4.78 is 1.55. The zero-order valence-electron chi connectivity index (χ0n) is 18.5. The first kappa shape index (κ1) is 22.7. The Balaban J connectivity index is 1.30. The topological polar surface area (TPSA) is 134 Å². The fourth-order valence-electron chi connectivity index (χ4n) is 3.84. The van der Waals surface area contributed by atoms with Crippen molar-refractivity contribution in [3.63, 3.8) is 0 Å². The summed E-state index contributed by atoms with van der Waals surface area (Å²) in [6.45, 7) is 0.625. The van der Waals surface area contributed by atoms with E-state index in [1.165, 1.54) is 4.90 Å². The lowest BCUT2D eigenvalue weighted by atomic mass is 10.1. The normalized spacial score (nSPS) is 13.2. The Kier molecular flexibility index (Phi) is 6.69. The van der Waals surface area contributed by atoms with Crippen molar-refractivity contribution in [2.75, 3.05) is 12.3 Å². The van der Waals surface area contributed by atoms with E-state index in [9.17, 15) is 19.6 Å². The second kappa shape index (κ2) is 10.0. The molecule has 2 heterocycles. The Hall–Kier alpha value is -4.45. The van der Waals surface area contributed by atoms with Gasteiger partial charge in [0.05, 0.1) is 17.9 Å². The molecule has 4 rings (SSSR count). The molecule has 3 aromatic rings. The number of nitrogens with zero attached hydrogens (tertiary/aromatic N) is 4. The third-order valence-corrected chi connectivity index (χ3v) is 5.69. The Bertz CT molecular complexity index is 1240. The number of imide groups is 1. The maximum absolute atomic E-state index is 12.5. The first-order chi connectivity index (χ1) is 16.5. The number of aryl methyl sites for hydroxylation is 1. The van der Waals surface area contributed by atoms with Crippen LogP contribution in [-0.4, -0.2) is 38.9 Å². The van der Waals surface area contributed by atoms with E-state index in [0.29, 0.717) is 42.0 Å². The molecule has 1 aliphatic heterocycles. The largest absolute Gasteiger partial charge is 0.382 e. The molecule has 1 aliphatic rings. The maximum atomic E-state index is 12.5. The van der Waals surface area contributed by atoms with Crippen LogP contribution in [0.25, 0.3) is 5.69 Å². The van der Waals surface area contributed by atoms with Gasteiger partial charge in [0.15, 0.2) is 0 Å². The van der Waals surface area contributed by atoms with E-state index < -0.39 is 0 Å². The lowest BCUT2D eigenvalue weighted by molar-refractivity contribution is -0.139. The van der Waals surface area contributed by atoms with Crippen LogP contribution < -0.4 is 11.1 Å². The highest BCUT2D eigenvalue weighted by atomic mass is 16.2.